The molecule has 0 amide bonds. The van der Waals surface area contributed by atoms with E-state index in [0.29, 0.717) is 0 Å². The van der Waals surface area contributed by atoms with Crippen molar-refractivity contribution >= 4 is 23.1 Å². The Bertz CT molecular complexity index is 530. The zero-order valence-corrected chi connectivity index (χ0v) is 11.2. The average molecular weight is 259 g/mol. The number of rotatable bonds is 2. The van der Waals surface area contributed by atoms with Gasteiger partial charge in [-0.05, 0) is 24.3 Å². The van der Waals surface area contributed by atoms with Crippen LogP contribution in [0.2, 0.25) is 5.02 Å². The van der Waals surface area contributed by atoms with Crippen LogP contribution in [-0.2, 0) is 0 Å². The van der Waals surface area contributed by atoms with Gasteiger partial charge in [-0.1, -0.05) is 41.9 Å². The van der Waals surface area contributed by atoms with E-state index in [9.17, 15) is 0 Å². The molecule has 92 valence electrons. The Morgan fingerprint density at radius 2 is 1.56 bits per heavy atom. The van der Waals surface area contributed by atoms with Crippen molar-refractivity contribution in [1.82, 2.24) is 4.90 Å². The molecule has 2 rings (SSSR count). The Balaban J connectivity index is 2.39. The molecule has 0 spiro atoms. The first-order valence-electron chi connectivity index (χ1n) is 5.74. The molecule has 0 aromatic heterocycles. The van der Waals surface area contributed by atoms with Crippen molar-refractivity contribution in [3.05, 3.63) is 65.2 Å². The summed E-state index contributed by atoms with van der Waals surface area (Å²) in [4.78, 5) is 6.66. The summed E-state index contributed by atoms with van der Waals surface area (Å²) in [5.41, 5.74) is 1.99. The normalized spacial score (nSPS) is 11.4. The van der Waals surface area contributed by atoms with Crippen molar-refractivity contribution in [2.75, 3.05) is 14.1 Å². The third kappa shape index (κ3) is 3.11. The van der Waals surface area contributed by atoms with Crippen molar-refractivity contribution in [2.24, 2.45) is 4.99 Å². The van der Waals surface area contributed by atoms with Gasteiger partial charge >= 0.3 is 0 Å². The first kappa shape index (κ1) is 12.7. The molecule has 2 nitrogen and oxygen atoms in total. The van der Waals surface area contributed by atoms with Crippen molar-refractivity contribution < 1.29 is 0 Å². The van der Waals surface area contributed by atoms with Gasteiger partial charge in [0.2, 0.25) is 0 Å². The van der Waals surface area contributed by atoms with E-state index >= 15 is 0 Å². The van der Waals surface area contributed by atoms with Crippen molar-refractivity contribution in [3.8, 4) is 0 Å². The lowest BCUT2D eigenvalue weighted by Crippen LogP contribution is -2.22. The van der Waals surface area contributed by atoms with Gasteiger partial charge in [0.05, 0.1) is 5.69 Å². The standard InChI is InChI=1S/C15H15ClN2/c1-18(2)15(12-6-4-3-5-7-12)17-14-10-8-13(16)9-11-14/h3-11H,1-2H3. The second-order valence-electron chi connectivity index (χ2n) is 4.17. The molecule has 0 radical (unpaired) electrons. The topological polar surface area (TPSA) is 15.6 Å². The van der Waals surface area contributed by atoms with Crippen LogP contribution in [0.15, 0.2) is 59.6 Å². The Labute approximate surface area is 113 Å². The highest BCUT2D eigenvalue weighted by Gasteiger charge is 2.05. The molecule has 2 aromatic rings. The van der Waals surface area contributed by atoms with Gasteiger partial charge in [-0.25, -0.2) is 4.99 Å². The minimum absolute atomic E-state index is 0.722. The first-order valence-corrected chi connectivity index (χ1v) is 6.11. The van der Waals surface area contributed by atoms with Gasteiger partial charge in [-0.15, -0.1) is 0 Å². The maximum absolute atomic E-state index is 5.87. The number of halogens is 1. The zero-order chi connectivity index (χ0) is 13.0. The molecule has 0 bridgehead atoms. The molecule has 0 aliphatic rings. The quantitative estimate of drug-likeness (QED) is 0.588. The van der Waals surface area contributed by atoms with E-state index in [1.165, 1.54) is 0 Å². The second kappa shape index (κ2) is 5.69. The molecular formula is C15H15ClN2. The van der Waals surface area contributed by atoms with E-state index in [-0.39, 0.29) is 0 Å². The molecule has 0 heterocycles. The molecule has 2 aromatic carbocycles. The summed E-state index contributed by atoms with van der Waals surface area (Å²) in [6, 6.07) is 17.6. The van der Waals surface area contributed by atoms with Crippen LogP contribution in [0.3, 0.4) is 0 Å². The predicted molar refractivity (Wildman–Crippen MR) is 77.8 cm³/mol. The smallest absolute Gasteiger partial charge is 0.136 e. The average Bonchev–Trinajstić information content (AvgIpc) is 2.38. The summed E-state index contributed by atoms with van der Waals surface area (Å²) in [5, 5.41) is 0.722. The van der Waals surface area contributed by atoms with Crippen molar-refractivity contribution in [2.45, 2.75) is 0 Å². The van der Waals surface area contributed by atoms with Crippen LogP contribution in [-0.4, -0.2) is 24.8 Å². The van der Waals surface area contributed by atoms with E-state index in [0.717, 1.165) is 22.1 Å². The van der Waals surface area contributed by atoms with Crippen LogP contribution < -0.4 is 0 Å². The van der Waals surface area contributed by atoms with Crippen LogP contribution in [0.5, 0.6) is 0 Å². The lowest BCUT2D eigenvalue weighted by Gasteiger charge is -2.16. The molecule has 0 saturated heterocycles. The van der Waals surface area contributed by atoms with Crippen LogP contribution in [0.4, 0.5) is 5.69 Å². The largest absolute Gasteiger partial charge is 0.362 e. The van der Waals surface area contributed by atoms with Gasteiger partial charge in [-0.3, -0.25) is 0 Å². The van der Waals surface area contributed by atoms with Gasteiger partial charge in [0.15, 0.2) is 0 Å². The number of hydrogen-bond acceptors (Lipinski definition) is 1. The number of hydrogen-bond donors (Lipinski definition) is 0. The fourth-order valence-electron chi connectivity index (χ4n) is 1.65. The van der Waals surface area contributed by atoms with Gasteiger partial charge < -0.3 is 4.90 Å². The highest BCUT2D eigenvalue weighted by molar-refractivity contribution is 6.30. The monoisotopic (exact) mass is 258 g/mol. The lowest BCUT2D eigenvalue weighted by atomic mass is 10.2. The molecule has 0 fully saturated rings. The Kier molecular flexibility index (Phi) is 4.00. The van der Waals surface area contributed by atoms with Crippen LogP contribution >= 0.6 is 11.6 Å². The van der Waals surface area contributed by atoms with E-state index in [2.05, 4.69) is 17.1 Å². The maximum atomic E-state index is 5.87. The predicted octanol–water partition coefficient (Wildman–Crippen LogP) is 3.98. The minimum atomic E-state index is 0.722. The van der Waals surface area contributed by atoms with E-state index < -0.39 is 0 Å². The van der Waals surface area contributed by atoms with Gasteiger partial charge in [0.25, 0.3) is 0 Å². The Morgan fingerprint density at radius 3 is 2.11 bits per heavy atom. The van der Waals surface area contributed by atoms with E-state index in [1.807, 2.05) is 61.5 Å². The highest BCUT2D eigenvalue weighted by Crippen LogP contribution is 2.18. The molecule has 0 unspecified atom stereocenters. The fourth-order valence-corrected chi connectivity index (χ4v) is 1.77. The van der Waals surface area contributed by atoms with Crippen molar-refractivity contribution in [1.29, 1.82) is 0 Å². The van der Waals surface area contributed by atoms with Crippen LogP contribution in [0, 0.1) is 0 Å². The van der Waals surface area contributed by atoms with Crippen molar-refractivity contribution in [3.63, 3.8) is 0 Å². The first-order chi connectivity index (χ1) is 8.66. The summed E-state index contributed by atoms with van der Waals surface area (Å²) in [7, 11) is 3.98. The van der Waals surface area contributed by atoms with Gasteiger partial charge in [0, 0.05) is 24.7 Å². The lowest BCUT2D eigenvalue weighted by molar-refractivity contribution is 0.624. The zero-order valence-electron chi connectivity index (χ0n) is 10.5. The summed E-state index contributed by atoms with van der Waals surface area (Å²) in [6.45, 7) is 0. The molecule has 0 atom stereocenters. The number of aliphatic imine (C=N–C) groups is 1. The second-order valence-corrected chi connectivity index (χ2v) is 4.61. The van der Waals surface area contributed by atoms with Crippen LogP contribution in [0.25, 0.3) is 0 Å². The molecule has 3 heteroatoms. The molecule has 0 N–H and O–H groups in total. The van der Waals surface area contributed by atoms with E-state index in [4.69, 9.17) is 11.6 Å². The number of benzene rings is 2. The fraction of sp³-hybridized carbons (Fsp3) is 0.133. The third-order valence-electron chi connectivity index (χ3n) is 2.52. The SMILES string of the molecule is CN(C)C(=Nc1ccc(Cl)cc1)c1ccccc1. The van der Waals surface area contributed by atoms with Crippen LogP contribution in [0.1, 0.15) is 5.56 Å². The van der Waals surface area contributed by atoms with Gasteiger partial charge in [0.1, 0.15) is 5.84 Å². The number of nitrogens with zero attached hydrogens (tertiary/aromatic N) is 2. The minimum Gasteiger partial charge on any atom is -0.362 e. The van der Waals surface area contributed by atoms with E-state index in [1.54, 1.807) is 0 Å². The summed E-state index contributed by atoms with van der Waals surface area (Å²) < 4.78 is 0. The Morgan fingerprint density at radius 1 is 0.944 bits per heavy atom. The summed E-state index contributed by atoms with van der Waals surface area (Å²) in [5.74, 6) is 0.929. The third-order valence-corrected chi connectivity index (χ3v) is 2.77. The highest BCUT2D eigenvalue weighted by atomic mass is 35.5. The number of amidine groups is 1. The molecule has 0 aliphatic heterocycles. The summed E-state index contributed by atoms with van der Waals surface area (Å²) >= 11 is 5.87. The molecule has 0 saturated carbocycles. The summed E-state index contributed by atoms with van der Waals surface area (Å²) in [6.07, 6.45) is 0. The molecule has 0 aliphatic carbocycles. The van der Waals surface area contributed by atoms with Gasteiger partial charge in [-0.2, -0.15) is 0 Å². The molecule has 18 heavy (non-hydrogen) atoms. The Hall–Kier alpha value is -1.80. The molecular weight excluding hydrogens is 244 g/mol. The maximum Gasteiger partial charge on any atom is 0.136 e.